The van der Waals surface area contributed by atoms with Gasteiger partial charge in [0, 0.05) is 25.7 Å². The van der Waals surface area contributed by atoms with Crippen molar-refractivity contribution in [2.75, 3.05) is 27.3 Å². The standard InChI is InChI=1S/C10H24N2O/c1-8(2)10(11)6-12(4)9(3)7-13-5/h8-10H,6-7,11H2,1-5H3. The molecule has 0 saturated heterocycles. The van der Waals surface area contributed by atoms with Crippen LogP contribution in [0.5, 0.6) is 0 Å². The van der Waals surface area contributed by atoms with Crippen LogP contribution in [0, 0.1) is 5.92 Å². The van der Waals surface area contributed by atoms with Gasteiger partial charge in [0.05, 0.1) is 6.61 Å². The van der Waals surface area contributed by atoms with Crippen molar-refractivity contribution in [3.63, 3.8) is 0 Å². The van der Waals surface area contributed by atoms with E-state index in [1.165, 1.54) is 0 Å². The van der Waals surface area contributed by atoms with Gasteiger partial charge >= 0.3 is 0 Å². The predicted molar refractivity (Wildman–Crippen MR) is 56.8 cm³/mol. The first-order valence-electron chi connectivity index (χ1n) is 4.93. The number of hydrogen-bond acceptors (Lipinski definition) is 3. The summed E-state index contributed by atoms with van der Waals surface area (Å²) in [4.78, 5) is 2.24. The third kappa shape index (κ3) is 5.24. The SMILES string of the molecule is COCC(C)N(C)CC(N)C(C)C. The molecule has 0 rings (SSSR count). The highest BCUT2D eigenvalue weighted by Crippen LogP contribution is 2.03. The first-order chi connectivity index (χ1) is 5.99. The van der Waals surface area contributed by atoms with Gasteiger partial charge in [0.2, 0.25) is 0 Å². The van der Waals surface area contributed by atoms with Crippen molar-refractivity contribution in [2.45, 2.75) is 32.9 Å². The minimum Gasteiger partial charge on any atom is -0.383 e. The summed E-state index contributed by atoms with van der Waals surface area (Å²) in [6, 6.07) is 0.694. The van der Waals surface area contributed by atoms with E-state index in [0.717, 1.165) is 13.2 Å². The van der Waals surface area contributed by atoms with Gasteiger partial charge < -0.3 is 10.5 Å². The Labute approximate surface area is 82.2 Å². The zero-order valence-corrected chi connectivity index (χ0v) is 9.58. The number of rotatable bonds is 6. The molecule has 0 aromatic carbocycles. The lowest BCUT2D eigenvalue weighted by molar-refractivity contribution is 0.109. The number of hydrogen-bond donors (Lipinski definition) is 1. The maximum absolute atomic E-state index is 5.97. The van der Waals surface area contributed by atoms with Crippen LogP contribution in [0.3, 0.4) is 0 Å². The van der Waals surface area contributed by atoms with Crippen molar-refractivity contribution in [3.8, 4) is 0 Å². The van der Waals surface area contributed by atoms with Gasteiger partial charge in [0.15, 0.2) is 0 Å². The third-order valence-corrected chi connectivity index (χ3v) is 2.52. The van der Waals surface area contributed by atoms with E-state index in [0.29, 0.717) is 12.0 Å². The Morgan fingerprint density at radius 2 is 1.85 bits per heavy atom. The molecule has 80 valence electrons. The summed E-state index contributed by atoms with van der Waals surface area (Å²) in [5.74, 6) is 0.539. The Morgan fingerprint density at radius 1 is 1.31 bits per heavy atom. The highest BCUT2D eigenvalue weighted by Gasteiger charge is 2.14. The number of methoxy groups -OCH3 is 1. The Hall–Kier alpha value is -0.120. The first kappa shape index (κ1) is 12.9. The average molecular weight is 188 g/mol. The largest absolute Gasteiger partial charge is 0.383 e. The zero-order chi connectivity index (χ0) is 10.4. The molecule has 0 heterocycles. The van der Waals surface area contributed by atoms with E-state index in [1.807, 2.05) is 0 Å². The van der Waals surface area contributed by atoms with Gasteiger partial charge in [0.25, 0.3) is 0 Å². The molecule has 2 unspecified atom stereocenters. The Balaban J connectivity index is 3.77. The second-order valence-electron chi connectivity index (χ2n) is 4.15. The fourth-order valence-corrected chi connectivity index (χ4v) is 1.09. The summed E-state index contributed by atoms with van der Waals surface area (Å²) in [5.41, 5.74) is 5.97. The van der Waals surface area contributed by atoms with Crippen molar-refractivity contribution in [2.24, 2.45) is 11.7 Å². The maximum atomic E-state index is 5.97. The van der Waals surface area contributed by atoms with Crippen molar-refractivity contribution < 1.29 is 4.74 Å². The quantitative estimate of drug-likeness (QED) is 0.674. The highest BCUT2D eigenvalue weighted by atomic mass is 16.5. The molecule has 2 atom stereocenters. The molecule has 0 aromatic rings. The van der Waals surface area contributed by atoms with Gasteiger partial charge in [-0.05, 0) is 19.9 Å². The van der Waals surface area contributed by atoms with Crippen molar-refractivity contribution in [3.05, 3.63) is 0 Å². The minimum atomic E-state index is 0.254. The average Bonchev–Trinajstić information content (AvgIpc) is 2.04. The van der Waals surface area contributed by atoms with Gasteiger partial charge in [0.1, 0.15) is 0 Å². The van der Waals surface area contributed by atoms with E-state index in [4.69, 9.17) is 10.5 Å². The molecule has 0 radical (unpaired) electrons. The van der Waals surface area contributed by atoms with Crippen LogP contribution in [0.2, 0.25) is 0 Å². The molecule has 0 amide bonds. The molecule has 0 aliphatic rings. The number of likely N-dealkylation sites (N-methyl/N-ethyl adjacent to an activating group) is 1. The third-order valence-electron chi connectivity index (χ3n) is 2.52. The molecule has 13 heavy (non-hydrogen) atoms. The summed E-state index contributed by atoms with van der Waals surface area (Å²) in [6.07, 6.45) is 0. The molecule has 0 fully saturated rings. The van der Waals surface area contributed by atoms with E-state index < -0.39 is 0 Å². The van der Waals surface area contributed by atoms with Crippen LogP contribution in [0.1, 0.15) is 20.8 Å². The Bertz CT molecular complexity index is 128. The lowest BCUT2D eigenvalue weighted by atomic mass is 10.0. The summed E-state index contributed by atoms with van der Waals surface area (Å²) >= 11 is 0. The number of ether oxygens (including phenoxy) is 1. The van der Waals surface area contributed by atoms with Gasteiger partial charge in [-0.25, -0.2) is 0 Å². The Kier molecular flexibility index (Phi) is 6.29. The monoisotopic (exact) mass is 188 g/mol. The smallest absolute Gasteiger partial charge is 0.0615 e. The van der Waals surface area contributed by atoms with Crippen molar-refractivity contribution in [1.29, 1.82) is 0 Å². The molecule has 2 N–H and O–H groups in total. The summed E-state index contributed by atoms with van der Waals surface area (Å²) in [6.45, 7) is 8.15. The zero-order valence-electron chi connectivity index (χ0n) is 9.58. The predicted octanol–water partition coefficient (Wildman–Crippen LogP) is 0.936. The second kappa shape index (κ2) is 6.35. The topological polar surface area (TPSA) is 38.5 Å². The van der Waals surface area contributed by atoms with Crippen LogP contribution in [-0.4, -0.2) is 44.3 Å². The molecule has 0 aliphatic heterocycles. The molecule has 0 bridgehead atoms. The summed E-state index contributed by atoms with van der Waals surface area (Å²) < 4.78 is 5.08. The van der Waals surface area contributed by atoms with E-state index in [-0.39, 0.29) is 6.04 Å². The minimum absolute atomic E-state index is 0.254. The molecule has 3 heteroatoms. The Morgan fingerprint density at radius 3 is 2.23 bits per heavy atom. The van der Waals surface area contributed by atoms with E-state index in [2.05, 4.69) is 32.7 Å². The lowest BCUT2D eigenvalue weighted by Crippen LogP contribution is -2.43. The normalized spacial score (nSPS) is 16.6. The fourth-order valence-electron chi connectivity index (χ4n) is 1.09. The highest BCUT2D eigenvalue weighted by molar-refractivity contribution is 4.72. The van der Waals surface area contributed by atoms with Crippen LogP contribution in [0.4, 0.5) is 0 Å². The van der Waals surface area contributed by atoms with Crippen LogP contribution in [-0.2, 0) is 4.74 Å². The van der Waals surface area contributed by atoms with Gasteiger partial charge in [-0.3, -0.25) is 4.90 Å². The summed E-state index contributed by atoms with van der Waals surface area (Å²) in [7, 11) is 3.82. The molecule has 0 aliphatic carbocycles. The maximum Gasteiger partial charge on any atom is 0.0615 e. The van der Waals surface area contributed by atoms with Gasteiger partial charge in [-0.2, -0.15) is 0 Å². The fraction of sp³-hybridized carbons (Fsp3) is 1.00. The van der Waals surface area contributed by atoms with E-state index >= 15 is 0 Å². The van der Waals surface area contributed by atoms with Crippen LogP contribution < -0.4 is 5.73 Å². The second-order valence-corrected chi connectivity index (χ2v) is 4.15. The number of nitrogens with zero attached hydrogens (tertiary/aromatic N) is 1. The molecule has 0 spiro atoms. The van der Waals surface area contributed by atoms with E-state index in [9.17, 15) is 0 Å². The van der Waals surface area contributed by atoms with Crippen molar-refractivity contribution >= 4 is 0 Å². The molecular weight excluding hydrogens is 164 g/mol. The van der Waals surface area contributed by atoms with Crippen LogP contribution >= 0.6 is 0 Å². The molecule has 0 aromatic heterocycles. The number of nitrogens with two attached hydrogens (primary N) is 1. The van der Waals surface area contributed by atoms with Crippen LogP contribution in [0.25, 0.3) is 0 Å². The molecule has 0 saturated carbocycles. The molecule has 3 nitrogen and oxygen atoms in total. The van der Waals surface area contributed by atoms with Gasteiger partial charge in [-0.1, -0.05) is 13.8 Å². The van der Waals surface area contributed by atoms with Crippen molar-refractivity contribution in [1.82, 2.24) is 4.90 Å². The van der Waals surface area contributed by atoms with Crippen LogP contribution in [0.15, 0.2) is 0 Å². The first-order valence-corrected chi connectivity index (χ1v) is 4.93. The van der Waals surface area contributed by atoms with E-state index in [1.54, 1.807) is 7.11 Å². The summed E-state index contributed by atoms with van der Waals surface area (Å²) in [5, 5.41) is 0. The lowest BCUT2D eigenvalue weighted by Gasteiger charge is -2.28. The van der Waals surface area contributed by atoms with Gasteiger partial charge in [-0.15, -0.1) is 0 Å². The molecular formula is C10H24N2O.